The smallest absolute Gasteiger partial charge is 0.263 e. The summed E-state index contributed by atoms with van der Waals surface area (Å²) in [7, 11) is 0. The molecule has 0 radical (unpaired) electrons. The highest BCUT2D eigenvalue weighted by atomic mass is 16.3. The Kier molecular flexibility index (Phi) is 2.62. The predicted octanol–water partition coefficient (Wildman–Crippen LogP) is 2.77. The van der Waals surface area contributed by atoms with Crippen molar-refractivity contribution in [2.45, 2.75) is 0 Å². The van der Waals surface area contributed by atoms with Gasteiger partial charge in [0.1, 0.15) is 5.56 Å². The molecule has 6 nitrogen and oxygen atoms in total. The number of aromatic amines is 1. The number of fused-ring (bicyclic) bond motifs is 2. The highest BCUT2D eigenvalue weighted by Crippen LogP contribution is 2.23. The fraction of sp³-hybridized carbons (Fsp3) is 0. The van der Waals surface area contributed by atoms with Crippen molar-refractivity contribution in [2.75, 3.05) is 5.32 Å². The van der Waals surface area contributed by atoms with Gasteiger partial charge in [-0.05, 0) is 35.7 Å². The normalized spacial score (nSPS) is 11.1. The van der Waals surface area contributed by atoms with Gasteiger partial charge in [0.2, 0.25) is 5.88 Å². The number of rotatable bonds is 2. The summed E-state index contributed by atoms with van der Waals surface area (Å²) in [6, 6.07) is 12.8. The fourth-order valence-electron chi connectivity index (χ4n) is 2.52. The second-order valence-electron chi connectivity index (χ2n) is 4.96. The Morgan fingerprint density at radius 2 is 2.14 bits per heavy atom. The zero-order valence-corrected chi connectivity index (χ0v) is 11.4. The van der Waals surface area contributed by atoms with Crippen molar-refractivity contribution in [3.63, 3.8) is 0 Å². The standard InChI is InChI=1S/C16H12N4O2/c21-15(14-13-3-1-2-8-20(13)19-16(14)22)18-11-5-4-10-6-7-17-12(10)9-11/h1-9,17H,(H,18,21)(H,19,22). The largest absolute Gasteiger partial charge is 0.492 e. The van der Waals surface area contributed by atoms with Gasteiger partial charge in [-0.2, -0.15) is 0 Å². The number of aromatic hydroxyl groups is 1. The van der Waals surface area contributed by atoms with E-state index in [4.69, 9.17) is 0 Å². The summed E-state index contributed by atoms with van der Waals surface area (Å²) in [6.07, 6.45) is 3.52. The summed E-state index contributed by atoms with van der Waals surface area (Å²) in [6.45, 7) is 0. The maximum Gasteiger partial charge on any atom is 0.263 e. The molecule has 108 valence electrons. The van der Waals surface area contributed by atoms with Crippen LogP contribution in [0.1, 0.15) is 10.4 Å². The van der Waals surface area contributed by atoms with Crippen molar-refractivity contribution < 1.29 is 9.90 Å². The Labute approximate surface area is 125 Å². The van der Waals surface area contributed by atoms with Gasteiger partial charge < -0.3 is 15.4 Å². The van der Waals surface area contributed by atoms with Crippen LogP contribution in [-0.2, 0) is 0 Å². The van der Waals surface area contributed by atoms with Crippen LogP contribution in [0.2, 0.25) is 0 Å². The number of H-pyrrole nitrogens is 1. The summed E-state index contributed by atoms with van der Waals surface area (Å²) in [5, 5.41) is 17.7. The van der Waals surface area contributed by atoms with Crippen molar-refractivity contribution >= 4 is 28.0 Å². The van der Waals surface area contributed by atoms with E-state index in [1.807, 2.05) is 30.5 Å². The second-order valence-corrected chi connectivity index (χ2v) is 4.96. The van der Waals surface area contributed by atoms with Crippen molar-refractivity contribution in [3.05, 3.63) is 60.4 Å². The predicted molar refractivity (Wildman–Crippen MR) is 83.1 cm³/mol. The molecule has 0 fully saturated rings. The van der Waals surface area contributed by atoms with Crippen LogP contribution in [0.3, 0.4) is 0 Å². The topological polar surface area (TPSA) is 82.4 Å². The molecular weight excluding hydrogens is 280 g/mol. The summed E-state index contributed by atoms with van der Waals surface area (Å²) >= 11 is 0. The maximum atomic E-state index is 12.4. The van der Waals surface area contributed by atoms with E-state index in [2.05, 4.69) is 15.4 Å². The summed E-state index contributed by atoms with van der Waals surface area (Å²) in [4.78, 5) is 15.5. The molecule has 0 spiro atoms. The van der Waals surface area contributed by atoms with E-state index in [1.54, 1.807) is 24.4 Å². The third kappa shape index (κ3) is 1.89. The highest BCUT2D eigenvalue weighted by Gasteiger charge is 2.19. The van der Waals surface area contributed by atoms with Gasteiger partial charge in [0.25, 0.3) is 5.91 Å². The van der Waals surface area contributed by atoms with Crippen LogP contribution < -0.4 is 5.32 Å². The Balaban J connectivity index is 1.72. The average Bonchev–Trinajstić information content (AvgIpc) is 3.09. The van der Waals surface area contributed by atoms with E-state index >= 15 is 0 Å². The van der Waals surface area contributed by atoms with Gasteiger partial charge in [0.05, 0.1) is 5.52 Å². The Bertz CT molecular complexity index is 1000. The van der Waals surface area contributed by atoms with E-state index in [0.29, 0.717) is 11.2 Å². The Morgan fingerprint density at radius 1 is 1.23 bits per heavy atom. The lowest BCUT2D eigenvalue weighted by Gasteiger charge is -2.04. The van der Waals surface area contributed by atoms with Crippen molar-refractivity contribution in [1.29, 1.82) is 0 Å². The highest BCUT2D eigenvalue weighted by molar-refractivity contribution is 6.11. The molecule has 3 aromatic heterocycles. The van der Waals surface area contributed by atoms with Crippen molar-refractivity contribution in [3.8, 4) is 5.88 Å². The van der Waals surface area contributed by atoms with Crippen LogP contribution in [0, 0.1) is 0 Å². The van der Waals surface area contributed by atoms with Crippen molar-refractivity contribution in [2.24, 2.45) is 0 Å². The van der Waals surface area contributed by atoms with Gasteiger partial charge in [-0.1, -0.05) is 12.1 Å². The quantitative estimate of drug-likeness (QED) is 0.531. The molecule has 1 amide bonds. The van der Waals surface area contributed by atoms with Crippen LogP contribution in [-0.4, -0.2) is 25.6 Å². The van der Waals surface area contributed by atoms with Crippen LogP contribution in [0.15, 0.2) is 54.9 Å². The molecule has 0 aliphatic rings. The number of pyridine rings is 1. The zero-order valence-electron chi connectivity index (χ0n) is 11.4. The number of amides is 1. The van der Waals surface area contributed by atoms with E-state index in [0.717, 1.165) is 10.9 Å². The zero-order chi connectivity index (χ0) is 15.1. The summed E-state index contributed by atoms with van der Waals surface area (Å²) < 4.78 is 1.47. The molecule has 6 heteroatoms. The number of aromatic nitrogens is 3. The van der Waals surface area contributed by atoms with Gasteiger partial charge in [0.15, 0.2) is 0 Å². The van der Waals surface area contributed by atoms with E-state index in [9.17, 15) is 9.90 Å². The van der Waals surface area contributed by atoms with Crippen LogP contribution in [0.4, 0.5) is 5.69 Å². The first kappa shape index (κ1) is 12.5. The third-order valence-electron chi connectivity index (χ3n) is 3.56. The molecule has 1 aromatic carbocycles. The molecule has 0 bridgehead atoms. The number of hydrogen-bond acceptors (Lipinski definition) is 3. The molecule has 0 aliphatic carbocycles. The van der Waals surface area contributed by atoms with Gasteiger partial charge in [-0.25, -0.2) is 4.52 Å². The molecule has 0 atom stereocenters. The van der Waals surface area contributed by atoms with Crippen molar-refractivity contribution in [1.82, 2.24) is 14.6 Å². The minimum absolute atomic E-state index is 0.159. The van der Waals surface area contributed by atoms with Crippen LogP contribution in [0.5, 0.6) is 5.88 Å². The van der Waals surface area contributed by atoms with Gasteiger partial charge in [0, 0.05) is 23.6 Å². The molecule has 0 saturated heterocycles. The second kappa shape index (κ2) is 4.63. The first-order valence-corrected chi connectivity index (χ1v) is 6.77. The van der Waals surface area contributed by atoms with Gasteiger partial charge in [-0.15, -0.1) is 5.10 Å². The fourth-order valence-corrected chi connectivity index (χ4v) is 2.52. The summed E-state index contributed by atoms with van der Waals surface area (Å²) in [5.41, 5.74) is 2.29. The molecular formula is C16H12N4O2. The molecule has 3 N–H and O–H groups in total. The molecule has 3 heterocycles. The lowest BCUT2D eigenvalue weighted by molar-refractivity contribution is 0.102. The molecule has 0 saturated carbocycles. The maximum absolute atomic E-state index is 12.4. The Hall–Kier alpha value is -3.28. The molecule has 0 unspecified atom stereocenters. The van der Waals surface area contributed by atoms with Crippen LogP contribution in [0.25, 0.3) is 16.4 Å². The molecule has 22 heavy (non-hydrogen) atoms. The molecule has 4 rings (SSSR count). The van der Waals surface area contributed by atoms with E-state index in [1.165, 1.54) is 4.52 Å². The van der Waals surface area contributed by atoms with Crippen LogP contribution >= 0.6 is 0 Å². The Morgan fingerprint density at radius 3 is 3.05 bits per heavy atom. The lowest BCUT2D eigenvalue weighted by atomic mass is 10.2. The third-order valence-corrected chi connectivity index (χ3v) is 3.56. The summed E-state index contributed by atoms with van der Waals surface area (Å²) in [5.74, 6) is -0.686. The number of carbonyl (C=O) groups is 1. The van der Waals surface area contributed by atoms with Gasteiger partial charge in [-0.3, -0.25) is 4.79 Å². The number of nitrogens with zero attached hydrogens (tertiary/aromatic N) is 2. The number of carbonyl (C=O) groups excluding carboxylic acids is 1. The van der Waals surface area contributed by atoms with Gasteiger partial charge >= 0.3 is 0 Å². The minimum Gasteiger partial charge on any atom is -0.492 e. The SMILES string of the molecule is O=C(Nc1ccc2cc[nH]c2c1)c1c(O)nn2ccccc12. The monoisotopic (exact) mass is 292 g/mol. The minimum atomic E-state index is -0.399. The number of anilines is 1. The number of hydrogen-bond donors (Lipinski definition) is 3. The first-order chi connectivity index (χ1) is 10.7. The van der Waals surface area contributed by atoms with E-state index < -0.39 is 5.91 Å². The molecule has 0 aliphatic heterocycles. The lowest BCUT2D eigenvalue weighted by Crippen LogP contribution is -2.11. The van der Waals surface area contributed by atoms with E-state index in [-0.39, 0.29) is 11.4 Å². The average molecular weight is 292 g/mol. The molecule has 4 aromatic rings. The number of benzene rings is 1. The number of nitrogens with one attached hydrogen (secondary N) is 2. The first-order valence-electron chi connectivity index (χ1n) is 6.77.